The lowest BCUT2D eigenvalue weighted by atomic mass is 9.81. The molecule has 1 aliphatic heterocycles. The highest BCUT2D eigenvalue weighted by atomic mass is 16.6. The van der Waals surface area contributed by atoms with Crippen LogP contribution < -0.4 is 4.90 Å². The van der Waals surface area contributed by atoms with Crippen molar-refractivity contribution in [1.29, 1.82) is 0 Å². The van der Waals surface area contributed by atoms with Crippen molar-refractivity contribution in [3.8, 4) is 0 Å². The largest absolute Gasteiger partial charge is 0.450 e. The Morgan fingerprint density at radius 1 is 1.07 bits per heavy atom. The van der Waals surface area contributed by atoms with Crippen molar-refractivity contribution in [3.05, 3.63) is 52.3 Å². The predicted octanol–water partition coefficient (Wildman–Crippen LogP) is 3.28. The van der Waals surface area contributed by atoms with Crippen molar-refractivity contribution in [2.75, 3.05) is 37.7 Å². The molecule has 2 aromatic rings. The van der Waals surface area contributed by atoms with Gasteiger partial charge in [0.05, 0.1) is 23.6 Å². The first-order valence-electron chi connectivity index (χ1n) is 10.6. The molecule has 158 valence electrons. The molecule has 1 aromatic carbocycles. The molecular weight excluding hydrogens is 380 g/mol. The fraction of sp³-hybridized carbons (Fsp3) is 0.478. The van der Waals surface area contributed by atoms with Crippen LogP contribution >= 0.6 is 0 Å². The van der Waals surface area contributed by atoms with E-state index >= 15 is 0 Å². The zero-order valence-electron chi connectivity index (χ0n) is 17.9. The average Bonchev–Trinajstić information content (AvgIpc) is 2.74. The number of amides is 1. The highest BCUT2D eigenvalue weighted by Gasteiger charge is 2.31. The molecule has 1 aliphatic carbocycles. The van der Waals surface area contributed by atoms with Gasteiger partial charge in [-0.15, -0.1) is 0 Å². The molecule has 2 aliphatic rings. The molecule has 0 saturated carbocycles. The Balaban J connectivity index is 1.54. The lowest BCUT2D eigenvalue weighted by Crippen LogP contribution is -2.49. The Kier molecular flexibility index (Phi) is 5.70. The highest BCUT2D eigenvalue weighted by molar-refractivity contribution is 5.99. The molecule has 1 fully saturated rings. The first-order valence-corrected chi connectivity index (χ1v) is 10.6. The summed E-state index contributed by atoms with van der Waals surface area (Å²) in [4.78, 5) is 38.0. The number of carbonyl (C=O) groups is 2. The molecule has 1 saturated heterocycles. The summed E-state index contributed by atoms with van der Waals surface area (Å²) >= 11 is 0. The number of benzene rings is 1. The number of fused-ring (bicyclic) bond motifs is 1. The minimum atomic E-state index is -0.272. The Labute approximate surface area is 177 Å². The molecule has 30 heavy (non-hydrogen) atoms. The summed E-state index contributed by atoms with van der Waals surface area (Å²) in [6.45, 7) is 8.58. The van der Waals surface area contributed by atoms with Gasteiger partial charge in [0.15, 0.2) is 5.78 Å². The summed E-state index contributed by atoms with van der Waals surface area (Å²) in [6.07, 6.45) is 0.965. The van der Waals surface area contributed by atoms with Crippen LogP contribution in [0.5, 0.6) is 0 Å². The number of ether oxygens (including phenoxy) is 1. The normalized spacial score (nSPS) is 18.9. The fourth-order valence-corrected chi connectivity index (χ4v) is 4.28. The third kappa shape index (κ3) is 4.01. The van der Waals surface area contributed by atoms with Gasteiger partial charge in [-0.2, -0.15) is 0 Å². The van der Waals surface area contributed by atoms with E-state index in [9.17, 15) is 9.59 Å². The number of ketones is 1. The van der Waals surface area contributed by atoms with E-state index < -0.39 is 0 Å². The van der Waals surface area contributed by atoms with Gasteiger partial charge in [0.1, 0.15) is 0 Å². The zero-order valence-corrected chi connectivity index (χ0v) is 17.9. The Bertz CT molecular complexity index is 950. The molecule has 7 nitrogen and oxygen atoms in total. The molecule has 7 heteroatoms. The van der Waals surface area contributed by atoms with E-state index in [0.717, 1.165) is 17.8 Å². The van der Waals surface area contributed by atoms with Crippen molar-refractivity contribution in [2.24, 2.45) is 0 Å². The summed E-state index contributed by atoms with van der Waals surface area (Å²) in [6, 6.07) is 8.41. The maximum Gasteiger partial charge on any atom is 0.409 e. The van der Waals surface area contributed by atoms with Crippen LogP contribution in [0.1, 0.15) is 52.1 Å². The van der Waals surface area contributed by atoms with E-state index in [1.807, 2.05) is 13.8 Å². The number of carbonyl (C=O) groups excluding carboxylic acids is 2. The Hall–Kier alpha value is -2.96. The fourth-order valence-electron chi connectivity index (χ4n) is 4.28. The number of aromatic nitrogens is 2. The van der Waals surface area contributed by atoms with Gasteiger partial charge in [-0.25, -0.2) is 14.8 Å². The van der Waals surface area contributed by atoms with Gasteiger partial charge in [0.25, 0.3) is 0 Å². The molecular formula is C23H28N4O3. The lowest BCUT2D eigenvalue weighted by molar-refractivity contribution is 0.0960. The van der Waals surface area contributed by atoms with E-state index in [1.54, 1.807) is 4.90 Å². The first kappa shape index (κ1) is 20.3. The average molecular weight is 409 g/mol. The minimum Gasteiger partial charge on any atom is -0.450 e. The number of piperazine rings is 1. The van der Waals surface area contributed by atoms with Crippen molar-refractivity contribution >= 4 is 17.8 Å². The summed E-state index contributed by atoms with van der Waals surface area (Å²) in [7, 11) is 0. The van der Waals surface area contributed by atoms with Crippen LogP contribution in [0.25, 0.3) is 0 Å². The maximum absolute atomic E-state index is 12.9. The van der Waals surface area contributed by atoms with Gasteiger partial charge in [0.2, 0.25) is 5.95 Å². The molecule has 1 amide bonds. The summed E-state index contributed by atoms with van der Waals surface area (Å²) < 4.78 is 5.09. The van der Waals surface area contributed by atoms with E-state index in [1.165, 1.54) is 11.1 Å². The van der Waals surface area contributed by atoms with Crippen LogP contribution in [0.3, 0.4) is 0 Å². The van der Waals surface area contributed by atoms with Crippen LogP contribution in [-0.2, 0) is 11.2 Å². The molecule has 1 atom stereocenters. The van der Waals surface area contributed by atoms with Gasteiger partial charge in [-0.3, -0.25) is 4.79 Å². The lowest BCUT2D eigenvalue weighted by Gasteiger charge is -2.34. The first-order chi connectivity index (χ1) is 14.5. The summed E-state index contributed by atoms with van der Waals surface area (Å²) in [5.74, 6) is 0.915. The molecule has 0 radical (unpaired) electrons. The van der Waals surface area contributed by atoms with Crippen LogP contribution in [0.2, 0.25) is 0 Å². The number of rotatable bonds is 3. The monoisotopic (exact) mass is 408 g/mol. The number of aryl methyl sites for hydroxylation is 2. The van der Waals surface area contributed by atoms with Gasteiger partial charge >= 0.3 is 6.09 Å². The molecule has 0 N–H and O–H groups in total. The SMILES string of the molecule is CCOC(=O)N1CCN(c2nc(C)c3c(n2)CC(c2ccc(C)cc2)CC3=O)CC1. The summed E-state index contributed by atoms with van der Waals surface area (Å²) in [5.41, 5.74) is 4.67. The topological polar surface area (TPSA) is 75.6 Å². The van der Waals surface area contributed by atoms with Crippen LogP contribution in [-0.4, -0.2) is 59.5 Å². The predicted molar refractivity (Wildman–Crippen MR) is 114 cm³/mol. The van der Waals surface area contributed by atoms with Crippen molar-refractivity contribution in [3.63, 3.8) is 0 Å². The standard InChI is InChI=1S/C23H28N4O3/c1-4-30-23(29)27-11-9-26(10-12-27)22-24-16(3)21-19(25-22)13-18(14-20(21)28)17-7-5-15(2)6-8-17/h5-8,18H,4,9-14H2,1-3H3. The van der Waals surface area contributed by atoms with Gasteiger partial charge in [-0.1, -0.05) is 29.8 Å². The van der Waals surface area contributed by atoms with E-state index in [-0.39, 0.29) is 17.8 Å². The smallest absolute Gasteiger partial charge is 0.409 e. The molecule has 4 rings (SSSR count). The van der Waals surface area contributed by atoms with Crippen LogP contribution in [0.4, 0.5) is 10.7 Å². The molecule has 1 aromatic heterocycles. The molecule has 1 unspecified atom stereocenters. The third-order valence-electron chi connectivity index (χ3n) is 5.94. The quantitative estimate of drug-likeness (QED) is 0.776. The molecule has 0 spiro atoms. The van der Waals surface area contributed by atoms with Gasteiger partial charge in [-0.05, 0) is 38.7 Å². The van der Waals surface area contributed by atoms with E-state index in [4.69, 9.17) is 9.72 Å². The van der Waals surface area contributed by atoms with Crippen LogP contribution in [0.15, 0.2) is 24.3 Å². The van der Waals surface area contributed by atoms with Crippen LogP contribution in [0, 0.1) is 13.8 Å². The Morgan fingerprint density at radius 2 is 1.77 bits per heavy atom. The second-order valence-corrected chi connectivity index (χ2v) is 8.04. The zero-order chi connectivity index (χ0) is 21.3. The van der Waals surface area contributed by atoms with Crippen molar-refractivity contribution < 1.29 is 14.3 Å². The summed E-state index contributed by atoms with van der Waals surface area (Å²) in [5, 5.41) is 0. The van der Waals surface area contributed by atoms with E-state index in [0.29, 0.717) is 50.7 Å². The van der Waals surface area contributed by atoms with Gasteiger partial charge in [0, 0.05) is 32.6 Å². The highest BCUT2D eigenvalue weighted by Crippen LogP contribution is 2.34. The molecule has 0 bridgehead atoms. The van der Waals surface area contributed by atoms with Gasteiger partial charge < -0.3 is 14.5 Å². The number of nitrogens with zero attached hydrogens (tertiary/aromatic N) is 4. The number of Topliss-reactive ketones (excluding diaryl/α,β-unsaturated/α-hetero) is 1. The minimum absolute atomic E-state index is 0.123. The maximum atomic E-state index is 12.9. The molecule has 2 heterocycles. The van der Waals surface area contributed by atoms with Crippen molar-refractivity contribution in [1.82, 2.24) is 14.9 Å². The van der Waals surface area contributed by atoms with Crippen molar-refractivity contribution in [2.45, 2.75) is 39.5 Å². The van der Waals surface area contributed by atoms with E-state index in [2.05, 4.69) is 41.1 Å². The number of anilines is 1. The number of hydrogen-bond donors (Lipinski definition) is 0. The second kappa shape index (κ2) is 8.42. The Morgan fingerprint density at radius 3 is 2.43 bits per heavy atom. The third-order valence-corrected chi connectivity index (χ3v) is 5.94. The second-order valence-electron chi connectivity index (χ2n) is 8.04. The number of hydrogen-bond acceptors (Lipinski definition) is 6.